The second-order valence-corrected chi connectivity index (χ2v) is 22.6. The highest BCUT2D eigenvalue weighted by molar-refractivity contribution is 8.16. The number of nitrogens with two attached hydrogens (primary N) is 1. The van der Waals surface area contributed by atoms with E-state index in [9.17, 15) is 9.59 Å². The summed E-state index contributed by atoms with van der Waals surface area (Å²) in [5, 5.41) is 0.250. The molecule has 1 aliphatic carbocycles. The molecule has 2 aliphatic rings. The van der Waals surface area contributed by atoms with E-state index in [2.05, 4.69) is 19.6 Å². The first-order valence-corrected chi connectivity index (χ1v) is 20.1. The number of amides is 2. The highest BCUT2D eigenvalue weighted by Gasteiger charge is 2.70. The number of carbonyl (C=O) groups excluding carboxylic acids is 2. The largest absolute Gasteiger partial charge is 0.443 e. The van der Waals surface area contributed by atoms with Gasteiger partial charge in [0.15, 0.2) is 5.17 Å². The lowest BCUT2D eigenvalue weighted by Gasteiger charge is -2.43. The molecule has 1 fully saturated rings. The number of nitrogens with zero attached hydrogens (tertiary/aromatic N) is 2. The minimum atomic E-state index is -1.20. The Morgan fingerprint density at radius 1 is 1.16 bits per heavy atom. The van der Waals surface area contributed by atoms with E-state index in [1.165, 1.54) is 18.0 Å². The maximum Gasteiger partial charge on any atom is 0.416 e. The monoisotopic (exact) mass is 665 g/mol. The fourth-order valence-corrected chi connectivity index (χ4v) is 7.48. The van der Waals surface area contributed by atoms with Crippen LogP contribution in [0.3, 0.4) is 0 Å². The third-order valence-corrected chi connectivity index (χ3v) is 12.3. The van der Waals surface area contributed by atoms with Crippen molar-refractivity contribution in [2.24, 2.45) is 16.6 Å². The SMILES string of the molecule is CB(OC(C)(C)C(C)(C)OCOCC[Si](C)(C)C)c1ccc(F)c([C@@]2(C)N=C(N(C)C(=O)OC(C)(C)C)S[C@@]3(C(N)=O)CC32)c1. The predicted molar refractivity (Wildman–Crippen MR) is 183 cm³/mol. The highest BCUT2D eigenvalue weighted by atomic mass is 32.2. The van der Waals surface area contributed by atoms with Gasteiger partial charge in [0.25, 0.3) is 0 Å². The molecule has 2 amide bonds. The van der Waals surface area contributed by atoms with Crippen LogP contribution in [0, 0.1) is 11.7 Å². The lowest BCUT2D eigenvalue weighted by atomic mass is 9.61. The van der Waals surface area contributed by atoms with E-state index < -0.39 is 59.9 Å². The maximum atomic E-state index is 15.7. The summed E-state index contributed by atoms with van der Waals surface area (Å²) in [7, 11) is 0.334. The number of hydrogen-bond acceptors (Lipinski definition) is 8. The van der Waals surface area contributed by atoms with Crippen LogP contribution in [0.5, 0.6) is 0 Å². The third-order valence-electron chi connectivity index (χ3n) is 8.99. The molecule has 9 nitrogen and oxygen atoms in total. The Morgan fingerprint density at radius 2 is 1.78 bits per heavy atom. The van der Waals surface area contributed by atoms with Gasteiger partial charge in [-0.2, -0.15) is 0 Å². The summed E-state index contributed by atoms with van der Waals surface area (Å²) in [4.78, 5) is 31.9. The molecule has 1 saturated carbocycles. The minimum absolute atomic E-state index is 0.163. The molecule has 3 rings (SSSR count). The van der Waals surface area contributed by atoms with Crippen LogP contribution in [0.4, 0.5) is 9.18 Å². The van der Waals surface area contributed by atoms with Crippen LogP contribution < -0.4 is 11.2 Å². The van der Waals surface area contributed by atoms with Crippen molar-refractivity contribution in [3.63, 3.8) is 0 Å². The van der Waals surface area contributed by atoms with Crippen molar-refractivity contribution < 1.29 is 32.8 Å². The number of thioether (sulfide) groups is 1. The fraction of sp³-hybridized carbons (Fsp3) is 0.719. The maximum absolute atomic E-state index is 15.7. The number of carbonyl (C=O) groups is 2. The van der Waals surface area contributed by atoms with E-state index in [4.69, 9.17) is 29.6 Å². The van der Waals surface area contributed by atoms with Crippen LogP contribution >= 0.6 is 11.8 Å². The highest BCUT2D eigenvalue weighted by Crippen LogP contribution is 2.66. The van der Waals surface area contributed by atoms with Gasteiger partial charge in [0.1, 0.15) is 23.0 Å². The van der Waals surface area contributed by atoms with Gasteiger partial charge >= 0.3 is 13.0 Å². The second-order valence-electron chi connectivity index (χ2n) is 15.7. The van der Waals surface area contributed by atoms with Crippen molar-refractivity contribution in [3.8, 4) is 0 Å². The van der Waals surface area contributed by atoms with E-state index in [1.54, 1.807) is 39.8 Å². The van der Waals surface area contributed by atoms with E-state index in [-0.39, 0.29) is 17.9 Å². The van der Waals surface area contributed by atoms with Gasteiger partial charge in [0.2, 0.25) is 5.91 Å². The Balaban J connectivity index is 1.87. The van der Waals surface area contributed by atoms with E-state index in [0.717, 1.165) is 23.3 Å². The molecule has 13 heteroatoms. The Kier molecular flexibility index (Phi) is 10.8. The number of primary amides is 1. The number of fused-ring (bicyclic) bond motifs is 1. The van der Waals surface area contributed by atoms with Gasteiger partial charge < -0.3 is 24.6 Å². The smallest absolute Gasteiger partial charge is 0.416 e. The zero-order valence-corrected chi connectivity index (χ0v) is 31.2. The molecule has 1 aliphatic heterocycles. The standard InChI is InChI=1S/C32H53BFN3O6SSi/c1-28(2,3)42-27(39)37(10)26-36-31(8,24-19-32(24,44-26)25(35)38)22-18-21(14-15-23(22)34)33(9)43-30(6,7)29(4,5)41-20-40-16-17-45(11,12)13/h14-15,18,24H,16-17,19-20H2,1-13H3,(H2,35,38)/t24?,31-,32+/m1/s1. The molecule has 0 saturated heterocycles. The van der Waals surface area contributed by atoms with Gasteiger partial charge in [-0.1, -0.05) is 50.4 Å². The number of aliphatic imine (C=N–C) groups is 1. The lowest BCUT2D eigenvalue weighted by Crippen LogP contribution is -2.54. The molecular weight excluding hydrogens is 612 g/mol. The van der Waals surface area contributed by atoms with Crippen LogP contribution in [-0.4, -0.2) is 79.1 Å². The molecule has 3 atom stereocenters. The first kappa shape index (κ1) is 37.5. The van der Waals surface area contributed by atoms with Gasteiger partial charge in [-0.05, 0) is 79.4 Å². The van der Waals surface area contributed by atoms with E-state index >= 15 is 4.39 Å². The summed E-state index contributed by atoms with van der Waals surface area (Å²) in [6.45, 7) is 24.2. The first-order chi connectivity index (χ1) is 20.4. The van der Waals surface area contributed by atoms with Crippen molar-refractivity contribution in [3.05, 3.63) is 29.6 Å². The molecule has 1 aromatic rings. The van der Waals surface area contributed by atoms with Crippen molar-refractivity contribution in [1.82, 2.24) is 4.90 Å². The molecule has 2 N–H and O–H groups in total. The molecule has 0 bridgehead atoms. The number of ether oxygens (including phenoxy) is 3. The Morgan fingerprint density at radius 3 is 2.33 bits per heavy atom. The summed E-state index contributed by atoms with van der Waals surface area (Å²) in [5.74, 6) is -1.34. The van der Waals surface area contributed by atoms with E-state index in [0.29, 0.717) is 18.6 Å². The Hall–Kier alpha value is -1.93. The summed E-state index contributed by atoms with van der Waals surface area (Å²) in [6.07, 6.45) is -0.216. The molecule has 1 heterocycles. The normalized spacial score (nSPS) is 23.6. The third kappa shape index (κ3) is 8.52. The number of benzene rings is 1. The van der Waals surface area contributed by atoms with Crippen molar-refractivity contribution >= 4 is 49.4 Å². The van der Waals surface area contributed by atoms with Crippen LogP contribution in [0.25, 0.3) is 0 Å². The summed E-state index contributed by atoms with van der Waals surface area (Å²) in [6, 6.07) is 5.90. The van der Waals surface area contributed by atoms with Crippen LogP contribution in [-0.2, 0) is 29.2 Å². The van der Waals surface area contributed by atoms with Gasteiger partial charge in [-0.25, -0.2) is 9.18 Å². The van der Waals surface area contributed by atoms with Gasteiger partial charge in [0.05, 0.1) is 16.7 Å². The number of hydrogen-bond donors (Lipinski definition) is 1. The summed E-state index contributed by atoms with van der Waals surface area (Å²) < 4.78 is 38.7. The summed E-state index contributed by atoms with van der Waals surface area (Å²) >= 11 is 1.14. The number of rotatable bonds is 12. The average Bonchev–Trinajstić information content (AvgIpc) is 3.63. The second kappa shape index (κ2) is 12.9. The first-order valence-electron chi connectivity index (χ1n) is 15.6. The molecule has 0 radical (unpaired) electrons. The van der Waals surface area contributed by atoms with E-state index in [1.807, 2.05) is 34.5 Å². The molecule has 0 spiro atoms. The van der Waals surface area contributed by atoms with Crippen molar-refractivity contribution in [2.75, 3.05) is 20.4 Å². The molecule has 0 aromatic heterocycles. The molecule has 252 valence electrons. The average molecular weight is 666 g/mol. The van der Waals surface area contributed by atoms with Gasteiger partial charge in [-0.3, -0.25) is 14.7 Å². The Labute approximate surface area is 274 Å². The van der Waals surface area contributed by atoms with Crippen LogP contribution in [0.1, 0.15) is 67.4 Å². The van der Waals surface area contributed by atoms with Crippen molar-refractivity contribution in [1.29, 1.82) is 0 Å². The predicted octanol–water partition coefficient (Wildman–Crippen LogP) is 5.99. The van der Waals surface area contributed by atoms with Gasteiger partial charge in [0, 0.05) is 33.2 Å². The fourth-order valence-electron chi connectivity index (χ4n) is 5.23. The quantitative estimate of drug-likeness (QED) is 0.166. The van der Waals surface area contributed by atoms with Gasteiger partial charge in [-0.15, -0.1) is 0 Å². The van der Waals surface area contributed by atoms with Crippen LogP contribution in [0.15, 0.2) is 23.2 Å². The lowest BCUT2D eigenvalue weighted by molar-refractivity contribution is -0.189. The molecule has 1 unspecified atom stereocenters. The zero-order chi connectivity index (χ0) is 34.4. The molecule has 45 heavy (non-hydrogen) atoms. The van der Waals surface area contributed by atoms with Crippen molar-refractivity contribution in [2.45, 2.75) is 121 Å². The topological polar surface area (TPSA) is 113 Å². The number of amidine groups is 1. The minimum Gasteiger partial charge on any atom is -0.443 e. The molecule has 1 aromatic carbocycles. The molecular formula is C32H53BFN3O6SSi. The Bertz CT molecular complexity index is 1320. The number of halogens is 1. The summed E-state index contributed by atoms with van der Waals surface area (Å²) in [5.41, 5.74) is 3.60. The van der Waals surface area contributed by atoms with Crippen LogP contribution in [0.2, 0.25) is 32.5 Å². The zero-order valence-electron chi connectivity index (χ0n) is 29.4.